The lowest BCUT2D eigenvalue weighted by Gasteiger charge is -2.14. The summed E-state index contributed by atoms with van der Waals surface area (Å²) in [6.07, 6.45) is 1.63. The highest BCUT2D eigenvalue weighted by molar-refractivity contribution is 6.31. The lowest BCUT2D eigenvalue weighted by Crippen LogP contribution is -2.27. The molecule has 130 valence electrons. The lowest BCUT2D eigenvalue weighted by molar-refractivity contribution is -0.119. The number of carbonyl (C=O) groups excluding carboxylic acids is 2. The number of hydrogen-bond acceptors (Lipinski definition) is 4. The number of rotatable bonds is 5. The SMILES string of the molecule is CCn1cc(NC(=O)C(C)n2nc(C)c(Cl)c2C)c(C(=O)NC)n1. The molecule has 1 atom stereocenters. The number of aromatic nitrogens is 4. The molecule has 0 spiro atoms. The van der Waals surface area contributed by atoms with Gasteiger partial charge >= 0.3 is 0 Å². The first-order chi connectivity index (χ1) is 11.3. The molecule has 0 saturated carbocycles. The van der Waals surface area contributed by atoms with E-state index in [4.69, 9.17) is 11.6 Å². The van der Waals surface area contributed by atoms with Crippen LogP contribution in [0.1, 0.15) is 41.8 Å². The van der Waals surface area contributed by atoms with Gasteiger partial charge in [0.05, 0.1) is 22.1 Å². The van der Waals surface area contributed by atoms with E-state index in [2.05, 4.69) is 20.8 Å². The van der Waals surface area contributed by atoms with Gasteiger partial charge in [0.15, 0.2) is 5.69 Å². The minimum Gasteiger partial charge on any atom is -0.354 e. The zero-order valence-electron chi connectivity index (χ0n) is 14.3. The molecular weight excluding hydrogens is 332 g/mol. The van der Waals surface area contributed by atoms with Crippen molar-refractivity contribution in [2.75, 3.05) is 12.4 Å². The van der Waals surface area contributed by atoms with Crippen LogP contribution in [0.3, 0.4) is 0 Å². The number of carbonyl (C=O) groups is 2. The van der Waals surface area contributed by atoms with Crippen LogP contribution in [0.15, 0.2) is 6.20 Å². The molecule has 1 unspecified atom stereocenters. The predicted octanol–water partition coefficient (Wildman–Crippen LogP) is 1.93. The first kappa shape index (κ1) is 18.0. The van der Waals surface area contributed by atoms with Gasteiger partial charge in [-0.25, -0.2) is 0 Å². The Morgan fingerprint density at radius 3 is 2.50 bits per heavy atom. The Labute approximate surface area is 145 Å². The van der Waals surface area contributed by atoms with E-state index in [0.29, 0.717) is 28.6 Å². The van der Waals surface area contributed by atoms with Crippen LogP contribution in [0.4, 0.5) is 5.69 Å². The fraction of sp³-hybridized carbons (Fsp3) is 0.467. The molecule has 0 aliphatic rings. The highest BCUT2D eigenvalue weighted by Crippen LogP contribution is 2.23. The van der Waals surface area contributed by atoms with E-state index in [1.54, 1.807) is 36.3 Å². The summed E-state index contributed by atoms with van der Waals surface area (Å²) in [5.74, 6) is -0.669. The minimum absolute atomic E-state index is 0.173. The summed E-state index contributed by atoms with van der Waals surface area (Å²) in [6.45, 7) is 7.78. The van der Waals surface area contributed by atoms with Gasteiger partial charge in [0.2, 0.25) is 5.91 Å². The molecule has 0 aromatic carbocycles. The Hall–Kier alpha value is -2.35. The van der Waals surface area contributed by atoms with Gasteiger partial charge in [0.1, 0.15) is 6.04 Å². The minimum atomic E-state index is -0.585. The smallest absolute Gasteiger partial charge is 0.273 e. The molecule has 9 heteroatoms. The quantitative estimate of drug-likeness (QED) is 0.859. The third kappa shape index (κ3) is 3.28. The van der Waals surface area contributed by atoms with Crippen molar-refractivity contribution in [2.45, 2.75) is 40.3 Å². The molecule has 2 aromatic heterocycles. The second-order valence-corrected chi connectivity index (χ2v) is 5.80. The van der Waals surface area contributed by atoms with E-state index >= 15 is 0 Å². The van der Waals surface area contributed by atoms with Crippen molar-refractivity contribution in [1.29, 1.82) is 0 Å². The number of halogens is 1. The molecule has 0 aliphatic heterocycles. The third-order valence-electron chi connectivity index (χ3n) is 3.77. The van der Waals surface area contributed by atoms with Gasteiger partial charge < -0.3 is 10.6 Å². The first-order valence-electron chi connectivity index (χ1n) is 7.61. The highest BCUT2D eigenvalue weighted by Gasteiger charge is 2.23. The summed E-state index contributed by atoms with van der Waals surface area (Å²) in [5.41, 5.74) is 1.92. The average molecular weight is 353 g/mol. The maximum absolute atomic E-state index is 12.6. The molecule has 0 saturated heterocycles. The van der Waals surface area contributed by atoms with Crippen molar-refractivity contribution in [3.63, 3.8) is 0 Å². The fourth-order valence-corrected chi connectivity index (χ4v) is 2.45. The van der Waals surface area contributed by atoms with Gasteiger partial charge in [0.25, 0.3) is 5.91 Å². The van der Waals surface area contributed by atoms with E-state index in [1.165, 1.54) is 7.05 Å². The molecule has 2 N–H and O–H groups in total. The average Bonchev–Trinajstić information content (AvgIpc) is 3.09. The van der Waals surface area contributed by atoms with Gasteiger partial charge in [0, 0.05) is 19.8 Å². The summed E-state index contributed by atoms with van der Waals surface area (Å²) in [7, 11) is 1.51. The number of amides is 2. The standard InChI is InChI=1S/C15H21ClN6O2/c1-6-21-7-11(13(20-21)15(24)17-5)18-14(23)10(4)22-9(3)12(16)8(2)19-22/h7,10H,6H2,1-5H3,(H,17,24)(H,18,23). The molecule has 2 heterocycles. The number of aryl methyl sites for hydroxylation is 2. The Morgan fingerprint density at radius 2 is 2.00 bits per heavy atom. The highest BCUT2D eigenvalue weighted by atomic mass is 35.5. The zero-order chi connectivity index (χ0) is 18.0. The second kappa shape index (κ2) is 7.04. The van der Waals surface area contributed by atoms with Crippen LogP contribution in [-0.4, -0.2) is 38.4 Å². The summed E-state index contributed by atoms with van der Waals surface area (Å²) in [6, 6.07) is -0.585. The lowest BCUT2D eigenvalue weighted by atomic mass is 10.2. The van der Waals surface area contributed by atoms with Crippen LogP contribution in [-0.2, 0) is 11.3 Å². The van der Waals surface area contributed by atoms with Crippen LogP contribution < -0.4 is 10.6 Å². The molecule has 0 aliphatic carbocycles. The van der Waals surface area contributed by atoms with Crippen LogP contribution >= 0.6 is 11.6 Å². The number of nitrogens with zero attached hydrogens (tertiary/aromatic N) is 4. The molecule has 0 bridgehead atoms. The van der Waals surface area contributed by atoms with Gasteiger partial charge in [-0.3, -0.25) is 19.0 Å². The largest absolute Gasteiger partial charge is 0.354 e. The van der Waals surface area contributed by atoms with Gasteiger partial charge in [-0.05, 0) is 27.7 Å². The summed E-state index contributed by atoms with van der Waals surface area (Å²) in [4.78, 5) is 24.5. The first-order valence-corrected chi connectivity index (χ1v) is 7.99. The monoisotopic (exact) mass is 352 g/mol. The number of nitrogens with one attached hydrogen (secondary N) is 2. The van der Waals surface area contributed by atoms with Crippen LogP contribution in [0, 0.1) is 13.8 Å². The van der Waals surface area contributed by atoms with E-state index in [0.717, 1.165) is 0 Å². The molecule has 2 amide bonds. The molecule has 0 radical (unpaired) electrons. The van der Waals surface area contributed by atoms with Crippen LogP contribution in [0.2, 0.25) is 5.02 Å². The van der Waals surface area contributed by atoms with E-state index < -0.39 is 6.04 Å². The Kier molecular flexibility index (Phi) is 5.28. The zero-order valence-corrected chi connectivity index (χ0v) is 15.1. The van der Waals surface area contributed by atoms with Crippen molar-refractivity contribution in [3.8, 4) is 0 Å². The number of hydrogen-bond donors (Lipinski definition) is 2. The van der Waals surface area contributed by atoms with E-state index in [-0.39, 0.29) is 17.5 Å². The molecular formula is C15H21ClN6O2. The van der Waals surface area contributed by atoms with Crippen molar-refractivity contribution >= 4 is 29.1 Å². The molecule has 2 rings (SSSR count). The predicted molar refractivity (Wildman–Crippen MR) is 91.3 cm³/mol. The summed E-state index contributed by atoms with van der Waals surface area (Å²) in [5, 5.41) is 14.3. The maximum Gasteiger partial charge on any atom is 0.273 e. The molecule has 24 heavy (non-hydrogen) atoms. The van der Waals surface area contributed by atoms with E-state index in [9.17, 15) is 9.59 Å². The Morgan fingerprint density at radius 1 is 1.33 bits per heavy atom. The second-order valence-electron chi connectivity index (χ2n) is 5.42. The molecule has 8 nitrogen and oxygen atoms in total. The molecule has 0 fully saturated rings. The van der Waals surface area contributed by atoms with Gasteiger partial charge in [-0.2, -0.15) is 10.2 Å². The third-order valence-corrected chi connectivity index (χ3v) is 4.32. The summed E-state index contributed by atoms with van der Waals surface area (Å²) >= 11 is 6.13. The van der Waals surface area contributed by atoms with Crippen molar-refractivity contribution in [2.24, 2.45) is 0 Å². The van der Waals surface area contributed by atoms with Crippen molar-refractivity contribution in [1.82, 2.24) is 24.9 Å². The Bertz CT molecular complexity index is 779. The molecule has 2 aromatic rings. The summed E-state index contributed by atoms with van der Waals surface area (Å²) < 4.78 is 3.15. The normalized spacial score (nSPS) is 12.1. The van der Waals surface area contributed by atoms with Crippen LogP contribution in [0.5, 0.6) is 0 Å². The van der Waals surface area contributed by atoms with Gasteiger partial charge in [-0.1, -0.05) is 11.6 Å². The number of anilines is 1. The van der Waals surface area contributed by atoms with Crippen LogP contribution in [0.25, 0.3) is 0 Å². The maximum atomic E-state index is 12.6. The Balaban J connectivity index is 2.27. The van der Waals surface area contributed by atoms with Crippen molar-refractivity contribution in [3.05, 3.63) is 28.3 Å². The van der Waals surface area contributed by atoms with Gasteiger partial charge in [-0.15, -0.1) is 0 Å². The van der Waals surface area contributed by atoms with E-state index in [1.807, 2.05) is 6.92 Å². The van der Waals surface area contributed by atoms with Crippen molar-refractivity contribution < 1.29 is 9.59 Å². The fourth-order valence-electron chi connectivity index (χ4n) is 2.33. The topological polar surface area (TPSA) is 93.8 Å².